The molecule has 6 rings (SSSR count). The number of methoxy groups -OCH3 is 1. The zero-order valence-corrected chi connectivity index (χ0v) is 44.2. The molecule has 21 nitrogen and oxygen atoms in total. The summed E-state index contributed by atoms with van der Waals surface area (Å²) in [5.41, 5.74) is 4.08. The predicted molar refractivity (Wildman–Crippen MR) is 288 cm³/mol. The Morgan fingerprint density at radius 2 is 1.75 bits per heavy atom. The molecule has 4 aromatic rings. The first-order valence-electron chi connectivity index (χ1n) is 24.8. The monoisotopic (exact) mass is 1050 g/mol. The number of aliphatic imine (C=N–C) groups is 2. The van der Waals surface area contributed by atoms with Crippen LogP contribution in [0.5, 0.6) is 0 Å². The number of amides is 3. The van der Waals surface area contributed by atoms with Crippen molar-refractivity contribution in [2.24, 2.45) is 9.98 Å². The van der Waals surface area contributed by atoms with Crippen molar-refractivity contribution < 1.29 is 46.8 Å². The third-order valence-corrected chi connectivity index (χ3v) is 13.3. The van der Waals surface area contributed by atoms with Gasteiger partial charge in [0.15, 0.2) is 6.29 Å². The number of hydrogen-bond donors (Lipinski definition) is 4. The van der Waals surface area contributed by atoms with E-state index in [-0.39, 0.29) is 48.5 Å². The minimum atomic E-state index is -0.778. The minimum absolute atomic E-state index is 0.150. The van der Waals surface area contributed by atoms with Crippen LogP contribution < -0.4 is 26.2 Å². The van der Waals surface area contributed by atoms with Crippen LogP contribution in [-0.4, -0.2) is 175 Å². The number of nitrogens with zero attached hydrogens (tertiary/aromatic N) is 7. The van der Waals surface area contributed by atoms with Crippen LogP contribution in [0.15, 0.2) is 87.0 Å². The number of imide groups is 1. The smallest absolute Gasteiger partial charge is 0.255 e. The Labute approximate surface area is 442 Å². The lowest BCUT2D eigenvalue weighted by Crippen LogP contribution is -2.53. The number of ether oxygens (including phenoxy) is 3. The average molecular weight is 1050 g/mol. The van der Waals surface area contributed by atoms with E-state index in [1.165, 1.54) is 24.0 Å². The molecule has 3 heterocycles. The van der Waals surface area contributed by atoms with Gasteiger partial charge >= 0.3 is 0 Å². The molecule has 402 valence electrons. The Hall–Kier alpha value is -6.66. The van der Waals surface area contributed by atoms with Crippen molar-refractivity contribution in [1.29, 1.82) is 0 Å². The summed E-state index contributed by atoms with van der Waals surface area (Å²) < 4.78 is 29.2. The molecule has 22 heteroatoms. The number of allylic oxidation sites excluding steroid dienone is 1. The van der Waals surface area contributed by atoms with Gasteiger partial charge in [-0.05, 0) is 86.6 Å². The summed E-state index contributed by atoms with van der Waals surface area (Å²) in [5.74, 6) is -0.328. The Kier molecular flexibility index (Phi) is 22.6. The number of aldehydes is 2. The largest absolute Gasteiger partial charge is 0.420 e. The molecule has 2 fully saturated rings. The Morgan fingerprint density at radius 1 is 0.987 bits per heavy atom. The fourth-order valence-corrected chi connectivity index (χ4v) is 8.68. The molecule has 4 N–H and O–H groups in total. The molecule has 2 aliphatic rings. The highest BCUT2D eigenvalue weighted by Gasteiger charge is 2.33. The number of hydrogen-bond acceptors (Lipinski definition) is 20. The zero-order chi connectivity index (χ0) is 53.6. The maximum absolute atomic E-state index is 13.3. The SMILES string of the molecule is C=N/C(N[C@H](COSC)c1ccccc1)=C(\C=N/CNc1ccc(C=O)c(C(C)(C)OC)c1)c1nnc(CCNCCOCCOCCN2CCN(c3ccc(C(=O)N(C)C4CCC(=O)NC4=O)c(C=O)c3)CC2)o1. The van der Waals surface area contributed by atoms with E-state index in [2.05, 4.69) is 58.0 Å². The number of likely N-dealkylation sites (N-methyl/N-ethyl adjacent to an activating group) is 1. The third-order valence-electron chi connectivity index (χ3n) is 12.9. The molecule has 2 atom stereocenters. The van der Waals surface area contributed by atoms with E-state index >= 15 is 0 Å². The molecule has 2 aliphatic heterocycles. The van der Waals surface area contributed by atoms with Crippen molar-refractivity contribution in [1.82, 2.24) is 35.9 Å². The average Bonchev–Trinajstić information content (AvgIpc) is 3.91. The van der Waals surface area contributed by atoms with Gasteiger partial charge in [-0.25, -0.2) is 4.99 Å². The lowest BCUT2D eigenvalue weighted by molar-refractivity contribution is -0.136. The first-order valence-corrected chi connectivity index (χ1v) is 26.0. The summed E-state index contributed by atoms with van der Waals surface area (Å²) in [4.78, 5) is 75.8. The van der Waals surface area contributed by atoms with E-state index in [4.69, 9.17) is 22.8 Å². The number of carbonyl (C=O) groups excluding carboxylic acids is 5. The molecule has 2 saturated heterocycles. The van der Waals surface area contributed by atoms with Gasteiger partial charge in [-0.2, -0.15) is 0 Å². The Balaban J connectivity index is 0.915. The topological polar surface area (TPSA) is 244 Å². The molecular weight excluding hydrogens is 983 g/mol. The fourth-order valence-electron chi connectivity index (χ4n) is 8.40. The molecule has 75 heavy (non-hydrogen) atoms. The van der Waals surface area contributed by atoms with E-state index < -0.39 is 23.5 Å². The van der Waals surface area contributed by atoms with E-state index in [0.29, 0.717) is 81.7 Å². The quantitative estimate of drug-likeness (QED) is 0.0177. The van der Waals surface area contributed by atoms with Gasteiger partial charge in [-0.1, -0.05) is 30.3 Å². The lowest BCUT2D eigenvalue weighted by Gasteiger charge is -2.36. The first-order chi connectivity index (χ1) is 36.4. The number of aromatic nitrogens is 2. The van der Waals surface area contributed by atoms with E-state index in [1.807, 2.05) is 68.6 Å². The van der Waals surface area contributed by atoms with Crippen molar-refractivity contribution in [3.05, 3.63) is 112 Å². The maximum Gasteiger partial charge on any atom is 0.255 e. The molecule has 0 bridgehead atoms. The second kappa shape index (κ2) is 29.4. The van der Waals surface area contributed by atoms with Crippen LogP contribution in [0.25, 0.3) is 5.57 Å². The first kappa shape index (κ1) is 57.6. The second-order valence-corrected chi connectivity index (χ2v) is 18.7. The molecule has 0 saturated carbocycles. The number of carbonyl (C=O) groups is 5. The van der Waals surface area contributed by atoms with Crippen LogP contribution in [0.2, 0.25) is 0 Å². The normalized spacial score (nSPS) is 16.1. The number of rotatable bonds is 31. The van der Waals surface area contributed by atoms with Gasteiger partial charge in [0, 0.05) is 108 Å². The number of benzene rings is 3. The van der Waals surface area contributed by atoms with Crippen LogP contribution in [0.4, 0.5) is 11.4 Å². The van der Waals surface area contributed by atoms with Crippen molar-refractivity contribution in [3.8, 4) is 0 Å². The lowest BCUT2D eigenvalue weighted by atomic mass is 9.93. The molecule has 3 aromatic carbocycles. The summed E-state index contributed by atoms with van der Waals surface area (Å²) >= 11 is 1.26. The molecule has 1 unspecified atom stereocenters. The molecular formula is C53H69N11O10S. The van der Waals surface area contributed by atoms with Crippen molar-refractivity contribution in [2.75, 3.05) is 116 Å². The number of piperazine rings is 1. The van der Waals surface area contributed by atoms with Crippen LogP contribution in [0.1, 0.15) is 86.7 Å². The maximum atomic E-state index is 13.3. The van der Waals surface area contributed by atoms with Gasteiger partial charge in [0.2, 0.25) is 17.7 Å². The summed E-state index contributed by atoms with van der Waals surface area (Å²) in [6.45, 7) is 15.2. The highest BCUT2D eigenvalue weighted by molar-refractivity contribution is 7.93. The molecule has 1 aromatic heterocycles. The number of anilines is 2. The number of piperidine rings is 1. The van der Waals surface area contributed by atoms with Gasteiger partial charge in [0.1, 0.15) is 24.8 Å². The summed E-state index contributed by atoms with van der Waals surface area (Å²) in [6.07, 6.45) is 5.79. The Bertz CT molecular complexity index is 2600. The van der Waals surface area contributed by atoms with Crippen LogP contribution in [0.3, 0.4) is 0 Å². The van der Waals surface area contributed by atoms with Crippen molar-refractivity contribution >= 4 is 72.2 Å². The van der Waals surface area contributed by atoms with Crippen LogP contribution in [0, 0.1) is 0 Å². The fraction of sp³-hybridized carbons (Fsp3) is 0.453. The molecule has 0 radical (unpaired) electrons. The molecule has 0 spiro atoms. The summed E-state index contributed by atoms with van der Waals surface area (Å²) in [5, 5.41) is 21.0. The number of nitrogens with one attached hydrogen (secondary N) is 4. The highest BCUT2D eigenvalue weighted by Crippen LogP contribution is 2.30. The third kappa shape index (κ3) is 16.7. The van der Waals surface area contributed by atoms with Gasteiger partial charge in [-0.3, -0.25) is 39.2 Å². The second-order valence-electron chi connectivity index (χ2n) is 18.1. The van der Waals surface area contributed by atoms with Gasteiger partial charge in [-0.15, -0.1) is 10.2 Å². The van der Waals surface area contributed by atoms with E-state index in [1.54, 1.807) is 31.5 Å². The van der Waals surface area contributed by atoms with E-state index in [0.717, 1.165) is 61.5 Å². The Morgan fingerprint density at radius 3 is 2.45 bits per heavy atom. The standard InChI is InChI=1S/C53H69N11O10S/c1-53(2,70-5)44-31-40(13-12-38(44)33-65)57-36-56-32-43(49(54-3)58-45(35-73-75-6)37-10-8-7-9-11-37)51-61-60-48(74-51)18-19-55-20-26-71-28-29-72-27-25-63-21-23-64(24-22-63)41-14-15-42(39(30-41)34-66)52(69)62(4)46-16-17-47(67)59-50(46)68/h7-15,30-34,45-46,55,57-58H,3,16-29,35-36H2,1-2,4-6H3,(H,59,67,68)/b49-43-,56-32-/t45-,46?/m1/s1. The zero-order valence-electron chi connectivity index (χ0n) is 43.4. The van der Waals surface area contributed by atoms with Crippen molar-refractivity contribution in [3.63, 3.8) is 0 Å². The summed E-state index contributed by atoms with van der Waals surface area (Å²) in [7, 11) is 3.11. The van der Waals surface area contributed by atoms with Gasteiger partial charge in [0.05, 0.1) is 55.8 Å². The highest BCUT2D eigenvalue weighted by atomic mass is 32.2. The van der Waals surface area contributed by atoms with E-state index in [9.17, 15) is 24.0 Å². The van der Waals surface area contributed by atoms with Gasteiger partial charge in [0.25, 0.3) is 11.8 Å². The van der Waals surface area contributed by atoms with Crippen molar-refractivity contribution in [2.45, 2.75) is 50.8 Å². The molecule has 0 aliphatic carbocycles. The van der Waals surface area contributed by atoms with Gasteiger partial charge < -0.3 is 48.6 Å². The molecule has 3 amide bonds. The predicted octanol–water partition coefficient (Wildman–Crippen LogP) is 4.58. The minimum Gasteiger partial charge on any atom is -0.420 e. The summed E-state index contributed by atoms with van der Waals surface area (Å²) in [6, 6.07) is 19.4. The van der Waals surface area contributed by atoms with Crippen LogP contribution in [-0.2, 0) is 40.0 Å². The van der Waals surface area contributed by atoms with Crippen LogP contribution >= 0.6 is 12.0 Å².